The largest absolute Gasteiger partial charge is 0.353 e. The Morgan fingerprint density at radius 1 is 1.04 bits per heavy atom. The van der Waals surface area contributed by atoms with Crippen molar-refractivity contribution in [3.8, 4) is 0 Å². The van der Waals surface area contributed by atoms with Crippen LogP contribution < -0.4 is 11.1 Å². The Kier molecular flexibility index (Phi) is 5.24. The lowest BCUT2D eigenvalue weighted by atomic mass is 9.71. The summed E-state index contributed by atoms with van der Waals surface area (Å²) in [4.78, 5) is 26.5. The number of hydrogen-bond acceptors (Lipinski definition) is 3. The summed E-state index contributed by atoms with van der Waals surface area (Å²) in [7, 11) is 0. The fourth-order valence-electron chi connectivity index (χ4n) is 4.13. The summed E-state index contributed by atoms with van der Waals surface area (Å²) in [6, 6.07) is 0.255. The molecule has 130 valence electrons. The number of carbonyl (C=O) groups is 2. The Labute approximate surface area is 139 Å². The zero-order valence-electron chi connectivity index (χ0n) is 14.2. The standard InChI is InChI=1S/C18H31N3O2/c19-13-18(8-2-1-3-9-18)12-16(22)21-10-6-15(7-11-21)20-17(23)14-4-5-14/h14-15H,1-13,19H2,(H,20,23). The molecule has 3 fully saturated rings. The van der Waals surface area contributed by atoms with Crippen molar-refractivity contribution in [2.24, 2.45) is 17.1 Å². The number of amides is 2. The summed E-state index contributed by atoms with van der Waals surface area (Å²) in [5.41, 5.74) is 6.06. The highest BCUT2D eigenvalue weighted by atomic mass is 16.2. The van der Waals surface area contributed by atoms with Gasteiger partial charge in [-0.2, -0.15) is 0 Å². The maximum Gasteiger partial charge on any atom is 0.223 e. The molecule has 3 rings (SSSR count). The second-order valence-corrected chi connectivity index (χ2v) is 7.88. The van der Waals surface area contributed by atoms with Crippen LogP contribution in [0.1, 0.15) is 64.2 Å². The van der Waals surface area contributed by atoms with Crippen molar-refractivity contribution in [2.75, 3.05) is 19.6 Å². The van der Waals surface area contributed by atoms with Crippen LogP contribution in [-0.4, -0.2) is 42.4 Å². The van der Waals surface area contributed by atoms with Gasteiger partial charge in [-0.3, -0.25) is 9.59 Å². The number of carbonyl (C=O) groups excluding carboxylic acids is 2. The molecule has 1 heterocycles. The van der Waals surface area contributed by atoms with E-state index in [1.54, 1.807) is 0 Å². The molecule has 3 aliphatic rings. The van der Waals surface area contributed by atoms with E-state index in [0.717, 1.165) is 51.6 Å². The Balaban J connectivity index is 1.44. The Bertz CT molecular complexity index is 434. The van der Waals surface area contributed by atoms with Gasteiger partial charge in [0.1, 0.15) is 0 Å². The van der Waals surface area contributed by atoms with Crippen molar-refractivity contribution in [1.29, 1.82) is 0 Å². The summed E-state index contributed by atoms with van der Waals surface area (Å²) < 4.78 is 0. The zero-order valence-corrected chi connectivity index (χ0v) is 14.2. The molecule has 2 saturated carbocycles. The van der Waals surface area contributed by atoms with Crippen LogP contribution in [0.3, 0.4) is 0 Å². The lowest BCUT2D eigenvalue weighted by Gasteiger charge is -2.39. The van der Waals surface area contributed by atoms with E-state index in [1.807, 2.05) is 4.90 Å². The highest BCUT2D eigenvalue weighted by Gasteiger charge is 2.36. The number of piperidine rings is 1. The first-order valence-electron chi connectivity index (χ1n) is 9.40. The molecule has 1 aliphatic heterocycles. The van der Waals surface area contributed by atoms with Crippen LogP contribution in [0.5, 0.6) is 0 Å². The summed E-state index contributed by atoms with van der Waals surface area (Å²) in [6.07, 6.45) is 10.4. The van der Waals surface area contributed by atoms with E-state index >= 15 is 0 Å². The van der Waals surface area contributed by atoms with Crippen LogP contribution >= 0.6 is 0 Å². The molecule has 0 bridgehead atoms. The summed E-state index contributed by atoms with van der Waals surface area (Å²) in [5.74, 6) is 0.758. The van der Waals surface area contributed by atoms with Gasteiger partial charge in [0, 0.05) is 31.5 Å². The van der Waals surface area contributed by atoms with Gasteiger partial charge in [-0.25, -0.2) is 0 Å². The third-order valence-corrected chi connectivity index (χ3v) is 6.02. The van der Waals surface area contributed by atoms with Crippen LogP contribution in [0.2, 0.25) is 0 Å². The fourth-order valence-corrected chi connectivity index (χ4v) is 4.13. The maximum absolute atomic E-state index is 12.7. The number of nitrogens with one attached hydrogen (secondary N) is 1. The maximum atomic E-state index is 12.7. The van der Waals surface area contributed by atoms with E-state index in [2.05, 4.69) is 5.32 Å². The molecule has 0 aromatic carbocycles. The molecule has 23 heavy (non-hydrogen) atoms. The molecule has 5 heteroatoms. The Hall–Kier alpha value is -1.10. The van der Waals surface area contributed by atoms with Crippen LogP contribution in [0, 0.1) is 11.3 Å². The van der Waals surface area contributed by atoms with Crippen molar-refractivity contribution in [1.82, 2.24) is 10.2 Å². The molecule has 0 unspecified atom stereocenters. The van der Waals surface area contributed by atoms with Crippen LogP contribution in [-0.2, 0) is 9.59 Å². The molecule has 0 aromatic rings. The van der Waals surface area contributed by atoms with E-state index in [9.17, 15) is 9.59 Å². The van der Waals surface area contributed by atoms with E-state index in [0.29, 0.717) is 13.0 Å². The molecule has 3 N–H and O–H groups in total. The minimum Gasteiger partial charge on any atom is -0.353 e. The van der Waals surface area contributed by atoms with Gasteiger partial charge in [0.2, 0.25) is 11.8 Å². The average Bonchev–Trinajstić information content (AvgIpc) is 3.41. The molecule has 1 saturated heterocycles. The summed E-state index contributed by atoms with van der Waals surface area (Å²) in [6.45, 7) is 2.18. The van der Waals surface area contributed by atoms with Crippen LogP contribution in [0.15, 0.2) is 0 Å². The van der Waals surface area contributed by atoms with Crippen molar-refractivity contribution in [3.63, 3.8) is 0 Å². The molecule has 2 aliphatic carbocycles. The van der Waals surface area contributed by atoms with Gasteiger partial charge in [-0.05, 0) is 50.5 Å². The third kappa shape index (κ3) is 4.25. The fraction of sp³-hybridized carbons (Fsp3) is 0.889. The smallest absolute Gasteiger partial charge is 0.223 e. The van der Waals surface area contributed by atoms with Gasteiger partial charge in [-0.1, -0.05) is 19.3 Å². The van der Waals surface area contributed by atoms with Crippen LogP contribution in [0.25, 0.3) is 0 Å². The van der Waals surface area contributed by atoms with Gasteiger partial charge >= 0.3 is 0 Å². The first-order valence-corrected chi connectivity index (χ1v) is 9.40. The number of hydrogen-bond donors (Lipinski definition) is 2. The third-order valence-electron chi connectivity index (χ3n) is 6.02. The van der Waals surface area contributed by atoms with Gasteiger partial charge in [-0.15, -0.1) is 0 Å². The van der Waals surface area contributed by atoms with Crippen molar-refractivity contribution in [3.05, 3.63) is 0 Å². The number of rotatable bonds is 5. The molecular formula is C18H31N3O2. The molecular weight excluding hydrogens is 290 g/mol. The molecule has 0 radical (unpaired) electrons. The zero-order chi connectivity index (χ0) is 16.3. The molecule has 0 spiro atoms. The first kappa shape index (κ1) is 16.7. The predicted molar refractivity (Wildman–Crippen MR) is 89.7 cm³/mol. The molecule has 0 atom stereocenters. The van der Waals surface area contributed by atoms with Crippen LogP contribution in [0.4, 0.5) is 0 Å². The van der Waals surface area contributed by atoms with Gasteiger partial charge < -0.3 is 16.0 Å². The summed E-state index contributed by atoms with van der Waals surface area (Å²) >= 11 is 0. The molecule has 2 amide bonds. The SMILES string of the molecule is NCC1(CC(=O)N2CCC(NC(=O)C3CC3)CC2)CCCCC1. The van der Waals surface area contributed by atoms with Crippen molar-refractivity contribution < 1.29 is 9.59 Å². The van der Waals surface area contributed by atoms with Gasteiger partial charge in [0.05, 0.1) is 0 Å². The minimum absolute atomic E-state index is 0.0480. The topological polar surface area (TPSA) is 75.4 Å². The quantitative estimate of drug-likeness (QED) is 0.811. The summed E-state index contributed by atoms with van der Waals surface area (Å²) in [5, 5.41) is 3.14. The highest BCUT2D eigenvalue weighted by molar-refractivity contribution is 5.81. The van der Waals surface area contributed by atoms with Gasteiger partial charge in [0.25, 0.3) is 0 Å². The molecule has 5 nitrogen and oxygen atoms in total. The molecule has 0 aromatic heterocycles. The average molecular weight is 321 g/mol. The Morgan fingerprint density at radius 3 is 2.26 bits per heavy atom. The number of nitrogens with zero attached hydrogens (tertiary/aromatic N) is 1. The van der Waals surface area contributed by atoms with Gasteiger partial charge in [0.15, 0.2) is 0 Å². The first-order chi connectivity index (χ1) is 11.1. The lowest BCUT2D eigenvalue weighted by Crippen LogP contribution is -2.48. The van der Waals surface area contributed by atoms with E-state index in [1.165, 1.54) is 19.3 Å². The second-order valence-electron chi connectivity index (χ2n) is 7.88. The highest BCUT2D eigenvalue weighted by Crippen LogP contribution is 2.39. The van der Waals surface area contributed by atoms with Crippen molar-refractivity contribution >= 4 is 11.8 Å². The normalized spacial score (nSPS) is 25.2. The van der Waals surface area contributed by atoms with Crippen molar-refractivity contribution in [2.45, 2.75) is 70.3 Å². The number of nitrogens with two attached hydrogens (primary N) is 1. The second kappa shape index (κ2) is 7.20. The minimum atomic E-state index is 0.0480. The number of likely N-dealkylation sites (tertiary alicyclic amines) is 1. The Morgan fingerprint density at radius 2 is 1.70 bits per heavy atom. The predicted octanol–water partition coefficient (Wildman–Crippen LogP) is 1.80. The lowest BCUT2D eigenvalue weighted by molar-refractivity contribution is -0.135. The van der Waals surface area contributed by atoms with E-state index in [4.69, 9.17) is 5.73 Å². The monoisotopic (exact) mass is 321 g/mol. The van der Waals surface area contributed by atoms with E-state index < -0.39 is 0 Å². The van der Waals surface area contributed by atoms with E-state index in [-0.39, 0.29) is 29.2 Å².